The van der Waals surface area contributed by atoms with Gasteiger partial charge in [0.2, 0.25) is 0 Å². The SMILES string of the molecule is CCCc1nc2cc(C)ccn2c1C(=O)Nc1ccccc1Cl. The molecule has 0 bridgehead atoms. The maximum absolute atomic E-state index is 12.8. The molecule has 118 valence electrons. The highest BCUT2D eigenvalue weighted by Gasteiger charge is 2.19. The smallest absolute Gasteiger partial charge is 0.274 e. The predicted molar refractivity (Wildman–Crippen MR) is 93.3 cm³/mol. The van der Waals surface area contributed by atoms with Crippen molar-refractivity contribution in [2.24, 2.45) is 0 Å². The van der Waals surface area contributed by atoms with Gasteiger partial charge in [0.25, 0.3) is 5.91 Å². The van der Waals surface area contributed by atoms with Crippen molar-refractivity contribution in [2.75, 3.05) is 5.32 Å². The Balaban J connectivity index is 2.05. The molecule has 2 aromatic heterocycles. The van der Waals surface area contributed by atoms with Crippen LogP contribution in [-0.2, 0) is 6.42 Å². The third-order valence-electron chi connectivity index (χ3n) is 3.68. The van der Waals surface area contributed by atoms with Crippen molar-refractivity contribution >= 4 is 28.8 Å². The van der Waals surface area contributed by atoms with Crippen LogP contribution in [0.25, 0.3) is 5.65 Å². The van der Waals surface area contributed by atoms with Gasteiger partial charge in [-0.15, -0.1) is 0 Å². The molecule has 0 aliphatic carbocycles. The van der Waals surface area contributed by atoms with Crippen LogP contribution >= 0.6 is 11.6 Å². The summed E-state index contributed by atoms with van der Waals surface area (Å²) in [6.07, 6.45) is 3.57. The quantitative estimate of drug-likeness (QED) is 0.766. The molecule has 0 saturated carbocycles. The lowest BCUT2D eigenvalue weighted by molar-refractivity contribution is 0.102. The molecule has 3 rings (SSSR count). The average Bonchev–Trinajstić information content (AvgIpc) is 2.87. The van der Waals surface area contributed by atoms with Gasteiger partial charge in [-0.2, -0.15) is 0 Å². The number of nitrogens with one attached hydrogen (secondary N) is 1. The standard InChI is InChI=1S/C18H18ClN3O/c1-3-6-15-17(22-10-9-12(2)11-16(22)20-15)18(23)21-14-8-5-4-7-13(14)19/h4-5,7-11H,3,6H2,1-2H3,(H,21,23). The number of aryl methyl sites for hydroxylation is 2. The van der Waals surface area contributed by atoms with E-state index < -0.39 is 0 Å². The maximum atomic E-state index is 12.8. The number of para-hydroxylation sites is 1. The molecule has 0 saturated heterocycles. The van der Waals surface area contributed by atoms with Crippen molar-refractivity contribution in [1.29, 1.82) is 0 Å². The van der Waals surface area contributed by atoms with E-state index in [0.29, 0.717) is 16.4 Å². The Morgan fingerprint density at radius 1 is 1.30 bits per heavy atom. The lowest BCUT2D eigenvalue weighted by Gasteiger charge is -2.08. The zero-order valence-corrected chi connectivity index (χ0v) is 13.9. The Kier molecular flexibility index (Phi) is 4.35. The van der Waals surface area contributed by atoms with Crippen LogP contribution in [0.4, 0.5) is 5.69 Å². The maximum Gasteiger partial charge on any atom is 0.274 e. The van der Waals surface area contributed by atoms with E-state index in [1.807, 2.05) is 41.8 Å². The average molecular weight is 328 g/mol. The highest BCUT2D eigenvalue weighted by Crippen LogP contribution is 2.23. The number of pyridine rings is 1. The lowest BCUT2D eigenvalue weighted by Crippen LogP contribution is -2.16. The molecule has 4 nitrogen and oxygen atoms in total. The molecule has 1 N–H and O–H groups in total. The van der Waals surface area contributed by atoms with Gasteiger partial charge in [0.05, 0.1) is 16.4 Å². The number of carbonyl (C=O) groups excluding carboxylic acids is 1. The summed E-state index contributed by atoms with van der Waals surface area (Å²) in [5, 5.41) is 3.40. The van der Waals surface area contributed by atoms with Gasteiger partial charge in [-0.3, -0.25) is 9.20 Å². The molecular formula is C18H18ClN3O. The number of benzene rings is 1. The zero-order chi connectivity index (χ0) is 16.4. The van der Waals surface area contributed by atoms with Crippen LogP contribution in [0, 0.1) is 6.92 Å². The lowest BCUT2D eigenvalue weighted by atomic mass is 10.2. The minimum atomic E-state index is -0.196. The normalized spacial score (nSPS) is 10.9. The molecule has 1 aromatic carbocycles. The van der Waals surface area contributed by atoms with E-state index in [-0.39, 0.29) is 5.91 Å². The zero-order valence-electron chi connectivity index (χ0n) is 13.1. The topological polar surface area (TPSA) is 46.4 Å². The van der Waals surface area contributed by atoms with Crippen LogP contribution in [0.2, 0.25) is 5.02 Å². The molecule has 0 spiro atoms. The van der Waals surface area contributed by atoms with Crippen molar-refractivity contribution in [3.63, 3.8) is 0 Å². The molecule has 0 aliphatic rings. The second kappa shape index (κ2) is 6.42. The van der Waals surface area contributed by atoms with Gasteiger partial charge >= 0.3 is 0 Å². The van der Waals surface area contributed by atoms with Crippen molar-refractivity contribution < 1.29 is 4.79 Å². The molecule has 0 radical (unpaired) electrons. The minimum Gasteiger partial charge on any atom is -0.319 e. The van der Waals surface area contributed by atoms with Crippen LogP contribution in [0.15, 0.2) is 42.6 Å². The van der Waals surface area contributed by atoms with Crippen LogP contribution in [0.1, 0.15) is 35.1 Å². The summed E-state index contributed by atoms with van der Waals surface area (Å²) in [6, 6.07) is 11.2. The van der Waals surface area contributed by atoms with E-state index in [2.05, 4.69) is 17.2 Å². The molecule has 0 aliphatic heterocycles. The van der Waals surface area contributed by atoms with Crippen LogP contribution in [0.5, 0.6) is 0 Å². The number of imidazole rings is 1. The van der Waals surface area contributed by atoms with E-state index in [0.717, 1.165) is 29.7 Å². The van der Waals surface area contributed by atoms with Gasteiger partial charge < -0.3 is 5.32 Å². The number of hydrogen-bond donors (Lipinski definition) is 1. The number of aromatic nitrogens is 2. The van der Waals surface area contributed by atoms with Gasteiger partial charge in [0.1, 0.15) is 11.3 Å². The van der Waals surface area contributed by atoms with E-state index in [9.17, 15) is 4.79 Å². The van der Waals surface area contributed by atoms with Crippen molar-refractivity contribution in [2.45, 2.75) is 26.7 Å². The van der Waals surface area contributed by atoms with Crippen molar-refractivity contribution in [3.05, 3.63) is 64.6 Å². The Morgan fingerprint density at radius 2 is 2.09 bits per heavy atom. The summed E-state index contributed by atoms with van der Waals surface area (Å²) >= 11 is 6.13. The minimum absolute atomic E-state index is 0.196. The second-order valence-electron chi connectivity index (χ2n) is 5.52. The van der Waals surface area contributed by atoms with Gasteiger partial charge in [-0.25, -0.2) is 4.98 Å². The molecule has 3 aromatic rings. The van der Waals surface area contributed by atoms with Crippen molar-refractivity contribution in [1.82, 2.24) is 9.38 Å². The molecule has 23 heavy (non-hydrogen) atoms. The van der Waals surface area contributed by atoms with Gasteiger partial charge in [-0.05, 0) is 43.2 Å². The molecule has 0 fully saturated rings. The fourth-order valence-corrected chi connectivity index (χ4v) is 2.77. The number of nitrogens with zero attached hydrogens (tertiary/aromatic N) is 2. The summed E-state index contributed by atoms with van der Waals surface area (Å²) in [7, 11) is 0. The monoisotopic (exact) mass is 327 g/mol. The first-order valence-corrected chi connectivity index (χ1v) is 8.01. The van der Waals surface area contributed by atoms with Gasteiger partial charge in [-0.1, -0.05) is 37.1 Å². The van der Waals surface area contributed by atoms with E-state index in [1.165, 1.54) is 0 Å². The Bertz CT molecular complexity index is 870. The largest absolute Gasteiger partial charge is 0.319 e. The van der Waals surface area contributed by atoms with E-state index in [4.69, 9.17) is 11.6 Å². The van der Waals surface area contributed by atoms with Crippen LogP contribution in [0.3, 0.4) is 0 Å². The summed E-state index contributed by atoms with van der Waals surface area (Å²) in [6.45, 7) is 4.09. The number of halogens is 1. The third kappa shape index (κ3) is 3.08. The fourth-order valence-electron chi connectivity index (χ4n) is 2.59. The molecule has 0 atom stereocenters. The van der Waals surface area contributed by atoms with Crippen LogP contribution in [-0.4, -0.2) is 15.3 Å². The molecular weight excluding hydrogens is 310 g/mol. The number of carbonyl (C=O) groups is 1. The Hall–Kier alpha value is -2.33. The van der Waals surface area contributed by atoms with Gasteiger partial charge in [0, 0.05) is 6.20 Å². The fraction of sp³-hybridized carbons (Fsp3) is 0.222. The first-order chi connectivity index (χ1) is 11.1. The van der Waals surface area contributed by atoms with E-state index >= 15 is 0 Å². The van der Waals surface area contributed by atoms with E-state index in [1.54, 1.807) is 12.1 Å². The first kappa shape index (κ1) is 15.6. The van der Waals surface area contributed by atoms with Gasteiger partial charge in [0.15, 0.2) is 0 Å². The summed E-state index contributed by atoms with van der Waals surface area (Å²) in [4.78, 5) is 17.4. The third-order valence-corrected chi connectivity index (χ3v) is 4.01. The summed E-state index contributed by atoms with van der Waals surface area (Å²) < 4.78 is 1.84. The number of hydrogen-bond acceptors (Lipinski definition) is 2. The number of amides is 1. The highest BCUT2D eigenvalue weighted by molar-refractivity contribution is 6.33. The molecule has 2 heterocycles. The molecule has 1 amide bonds. The number of fused-ring (bicyclic) bond motifs is 1. The van der Waals surface area contributed by atoms with Crippen molar-refractivity contribution in [3.8, 4) is 0 Å². The second-order valence-corrected chi connectivity index (χ2v) is 5.93. The number of anilines is 1. The summed E-state index contributed by atoms with van der Waals surface area (Å²) in [5.74, 6) is -0.196. The Labute approximate surface area is 140 Å². The molecule has 5 heteroatoms. The highest BCUT2D eigenvalue weighted by atomic mass is 35.5. The number of rotatable bonds is 4. The predicted octanol–water partition coefficient (Wildman–Crippen LogP) is 4.50. The molecule has 0 unspecified atom stereocenters. The summed E-state index contributed by atoms with van der Waals surface area (Å²) in [5.41, 5.74) is 3.88. The first-order valence-electron chi connectivity index (χ1n) is 7.63. The Morgan fingerprint density at radius 3 is 2.83 bits per heavy atom. The van der Waals surface area contributed by atoms with Crippen LogP contribution < -0.4 is 5.32 Å².